The Hall–Kier alpha value is -0.0800. The fourth-order valence-electron chi connectivity index (χ4n) is 0. The largest absolute Gasteiger partial charge is 0.393 e. The zero-order valence-corrected chi connectivity index (χ0v) is 11.0. The molecule has 0 aromatic rings. The second-order valence-corrected chi connectivity index (χ2v) is 6.08. The molecule has 0 saturated heterocycles. The summed E-state index contributed by atoms with van der Waals surface area (Å²) in [5, 5.41) is 17.8. The van der Waals surface area contributed by atoms with Gasteiger partial charge >= 0.3 is 0 Å². The Morgan fingerprint density at radius 3 is 0.714 bits per heavy atom. The van der Waals surface area contributed by atoms with Crippen LogP contribution in [-0.2, 0) is 0 Å². The van der Waals surface area contributed by atoms with Crippen LogP contribution in [0.15, 0.2) is 0 Å². The van der Waals surface area contributed by atoms with Crippen LogP contribution in [0.5, 0.6) is 0 Å². The van der Waals surface area contributed by atoms with Gasteiger partial charge in [0, 0.05) is 0 Å². The minimum absolute atomic E-state index is 0.0556. The Morgan fingerprint density at radius 1 is 0.643 bits per heavy atom. The molecule has 2 heteroatoms. The molecule has 14 heavy (non-hydrogen) atoms. The molecule has 0 aliphatic heterocycles. The third-order valence-corrected chi connectivity index (χ3v) is 2.51. The SMILES string of the molecule is CC(O)C(C)(C)C.CC(O)C(C)(C)C. The lowest BCUT2D eigenvalue weighted by atomic mass is 9.91. The van der Waals surface area contributed by atoms with Crippen LogP contribution in [0.25, 0.3) is 0 Å². The van der Waals surface area contributed by atoms with Crippen LogP contribution in [0.4, 0.5) is 0 Å². The van der Waals surface area contributed by atoms with Gasteiger partial charge in [0.25, 0.3) is 0 Å². The first-order valence-corrected chi connectivity index (χ1v) is 5.25. The molecule has 2 N–H and O–H groups in total. The summed E-state index contributed by atoms with van der Waals surface area (Å²) in [6, 6.07) is 0. The van der Waals surface area contributed by atoms with Gasteiger partial charge in [-0.05, 0) is 24.7 Å². The molecule has 0 amide bonds. The quantitative estimate of drug-likeness (QED) is 0.637. The van der Waals surface area contributed by atoms with Gasteiger partial charge in [-0.3, -0.25) is 0 Å². The highest BCUT2D eigenvalue weighted by molar-refractivity contribution is 4.67. The summed E-state index contributed by atoms with van der Waals surface area (Å²) in [5.74, 6) is 0. The number of hydrogen-bond acceptors (Lipinski definition) is 2. The average Bonchev–Trinajstić information content (AvgIpc) is 1.83. The van der Waals surface area contributed by atoms with Crippen LogP contribution in [0, 0.1) is 10.8 Å². The highest BCUT2D eigenvalue weighted by Gasteiger charge is 2.16. The summed E-state index contributed by atoms with van der Waals surface area (Å²) in [7, 11) is 0. The van der Waals surface area contributed by atoms with Crippen molar-refractivity contribution in [1.29, 1.82) is 0 Å². The molecule has 0 fully saturated rings. The van der Waals surface area contributed by atoms with E-state index in [1.807, 2.05) is 41.5 Å². The van der Waals surface area contributed by atoms with Gasteiger partial charge < -0.3 is 10.2 Å². The van der Waals surface area contributed by atoms with Crippen molar-refractivity contribution in [3.63, 3.8) is 0 Å². The summed E-state index contributed by atoms with van der Waals surface area (Å²) >= 11 is 0. The maximum Gasteiger partial charge on any atom is 0.0560 e. The summed E-state index contributed by atoms with van der Waals surface area (Å²) in [6.07, 6.45) is -0.403. The first kappa shape index (κ1) is 16.4. The highest BCUT2D eigenvalue weighted by atomic mass is 16.3. The van der Waals surface area contributed by atoms with Crippen LogP contribution >= 0.6 is 0 Å². The molecule has 0 aromatic carbocycles. The van der Waals surface area contributed by atoms with Crippen molar-refractivity contribution in [2.75, 3.05) is 0 Å². The molecule has 0 heterocycles. The average molecular weight is 204 g/mol. The third-order valence-electron chi connectivity index (χ3n) is 2.51. The molecule has 0 rings (SSSR count). The Labute approximate surface area is 89.3 Å². The summed E-state index contributed by atoms with van der Waals surface area (Å²) in [4.78, 5) is 0. The maximum atomic E-state index is 8.89. The smallest absolute Gasteiger partial charge is 0.0560 e. The van der Waals surface area contributed by atoms with E-state index in [1.54, 1.807) is 13.8 Å². The van der Waals surface area contributed by atoms with Gasteiger partial charge in [-0.2, -0.15) is 0 Å². The van der Waals surface area contributed by atoms with Gasteiger partial charge in [0.2, 0.25) is 0 Å². The van der Waals surface area contributed by atoms with Gasteiger partial charge in [0.1, 0.15) is 0 Å². The lowest BCUT2D eigenvalue weighted by Gasteiger charge is -2.21. The first-order valence-electron chi connectivity index (χ1n) is 5.25. The molecule has 88 valence electrons. The lowest BCUT2D eigenvalue weighted by Crippen LogP contribution is -2.21. The van der Waals surface area contributed by atoms with Gasteiger partial charge in [-0.25, -0.2) is 0 Å². The van der Waals surface area contributed by atoms with Gasteiger partial charge in [0.05, 0.1) is 12.2 Å². The zero-order chi connectivity index (χ0) is 12.2. The van der Waals surface area contributed by atoms with Crippen molar-refractivity contribution in [2.24, 2.45) is 10.8 Å². The van der Waals surface area contributed by atoms with Crippen molar-refractivity contribution in [3.8, 4) is 0 Å². The molecular weight excluding hydrogens is 176 g/mol. The number of aliphatic hydroxyl groups is 2. The van der Waals surface area contributed by atoms with Crippen molar-refractivity contribution in [3.05, 3.63) is 0 Å². The topological polar surface area (TPSA) is 40.5 Å². The summed E-state index contributed by atoms with van der Waals surface area (Å²) < 4.78 is 0. The van der Waals surface area contributed by atoms with E-state index in [1.165, 1.54) is 0 Å². The van der Waals surface area contributed by atoms with Crippen molar-refractivity contribution >= 4 is 0 Å². The van der Waals surface area contributed by atoms with E-state index < -0.39 is 0 Å². The zero-order valence-electron chi connectivity index (χ0n) is 11.0. The molecular formula is C12H28O2. The molecule has 0 bridgehead atoms. The van der Waals surface area contributed by atoms with E-state index in [9.17, 15) is 0 Å². The molecule has 0 saturated carbocycles. The predicted molar refractivity (Wildman–Crippen MR) is 62.3 cm³/mol. The molecule has 0 radical (unpaired) electrons. The molecule has 0 aliphatic carbocycles. The molecule has 2 unspecified atom stereocenters. The third kappa shape index (κ3) is 10.0. The minimum atomic E-state index is -0.201. The van der Waals surface area contributed by atoms with Gasteiger partial charge in [-0.15, -0.1) is 0 Å². The Bertz CT molecular complexity index is 117. The molecule has 2 nitrogen and oxygen atoms in total. The van der Waals surface area contributed by atoms with E-state index in [0.717, 1.165) is 0 Å². The predicted octanol–water partition coefficient (Wildman–Crippen LogP) is 2.83. The molecule has 0 aromatic heterocycles. The minimum Gasteiger partial charge on any atom is -0.393 e. The second kappa shape index (κ2) is 5.72. The Kier molecular flexibility index (Phi) is 6.68. The van der Waals surface area contributed by atoms with E-state index in [0.29, 0.717) is 0 Å². The monoisotopic (exact) mass is 204 g/mol. The number of aliphatic hydroxyl groups excluding tert-OH is 2. The van der Waals surface area contributed by atoms with Crippen molar-refractivity contribution in [2.45, 2.75) is 67.6 Å². The Balaban J connectivity index is 0. The van der Waals surface area contributed by atoms with Crippen LogP contribution in [0.1, 0.15) is 55.4 Å². The fraction of sp³-hybridized carbons (Fsp3) is 1.00. The molecule has 2 atom stereocenters. The van der Waals surface area contributed by atoms with Crippen LogP contribution in [0.3, 0.4) is 0 Å². The standard InChI is InChI=1S/2C6H14O/c2*1-5(7)6(2,3)4/h2*5,7H,1-4H3. The van der Waals surface area contributed by atoms with Crippen molar-refractivity contribution in [1.82, 2.24) is 0 Å². The normalized spacial score (nSPS) is 16.7. The Morgan fingerprint density at radius 2 is 0.714 bits per heavy atom. The highest BCUT2D eigenvalue weighted by Crippen LogP contribution is 2.17. The number of rotatable bonds is 0. The van der Waals surface area contributed by atoms with Gasteiger partial charge in [0.15, 0.2) is 0 Å². The van der Waals surface area contributed by atoms with E-state index in [-0.39, 0.29) is 23.0 Å². The van der Waals surface area contributed by atoms with E-state index in [4.69, 9.17) is 10.2 Å². The second-order valence-electron chi connectivity index (χ2n) is 6.08. The summed E-state index contributed by atoms with van der Waals surface area (Å²) in [5.41, 5.74) is 0.111. The van der Waals surface area contributed by atoms with Crippen LogP contribution in [0.2, 0.25) is 0 Å². The van der Waals surface area contributed by atoms with Crippen molar-refractivity contribution < 1.29 is 10.2 Å². The summed E-state index contributed by atoms with van der Waals surface area (Å²) in [6.45, 7) is 15.7. The molecule has 0 aliphatic rings. The number of hydrogen-bond donors (Lipinski definition) is 2. The van der Waals surface area contributed by atoms with Crippen LogP contribution < -0.4 is 0 Å². The van der Waals surface area contributed by atoms with Crippen LogP contribution in [-0.4, -0.2) is 22.4 Å². The van der Waals surface area contributed by atoms with E-state index in [2.05, 4.69) is 0 Å². The maximum absolute atomic E-state index is 8.89. The first-order chi connectivity index (χ1) is 5.89. The van der Waals surface area contributed by atoms with Gasteiger partial charge in [-0.1, -0.05) is 41.5 Å². The van der Waals surface area contributed by atoms with E-state index >= 15 is 0 Å². The lowest BCUT2D eigenvalue weighted by molar-refractivity contribution is 0.0800. The molecule has 0 spiro atoms. The fourth-order valence-corrected chi connectivity index (χ4v) is 0.